The second-order valence-electron chi connectivity index (χ2n) is 4.56. The molecule has 1 aliphatic carbocycles. The van der Waals surface area contributed by atoms with Crippen molar-refractivity contribution in [2.45, 2.75) is 38.6 Å². The molecule has 0 heterocycles. The average Bonchev–Trinajstić information content (AvgIpc) is 2.20. The molecule has 0 aromatic rings. The van der Waals surface area contributed by atoms with Crippen LogP contribution in [0, 0.1) is 11.3 Å². The van der Waals surface area contributed by atoms with E-state index in [1.165, 1.54) is 7.11 Å². The molecule has 1 fully saturated rings. The van der Waals surface area contributed by atoms with Crippen molar-refractivity contribution in [1.82, 2.24) is 0 Å². The first kappa shape index (κ1) is 11.9. The van der Waals surface area contributed by atoms with Gasteiger partial charge in [-0.25, -0.2) is 0 Å². The summed E-state index contributed by atoms with van der Waals surface area (Å²) >= 11 is 0. The van der Waals surface area contributed by atoms with Gasteiger partial charge in [-0.3, -0.25) is 0 Å². The Morgan fingerprint density at radius 1 is 1.36 bits per heavy atom. The van der Waals surface area contributed by atoms with Gasteiger partial charge in [0.2, 0.25) is 0 Å². The number of ether oxygens (including phenoxy) is 1. The molecule has 0 amide bonds. The van der Waals surface area contributed by atoms with Crippen LogP contribution < -0.4 is 0 Å². The fourth-order valence-corrected chi connectivity index (χ4v) is 2.13. The van der Waals surface area contributed by atoms with Crippen molar-refractivity contribution in [2.75, 3.05) is 13.7 Å². The summed E-state index contributed by atoms with van der Waals surface area (Å²) in [5.74, 6) is -0.131. The highest BCUT2D eigenvalue weighted by molar-refractivity contribution is 4.97. The Kier molecular flexibility index (Phi) is 3.53. The van der Waals surface area contributed by atoms with Crippen molar-refractivity contribution in [3.05, 3.63) is 0 Å². The van der Waals surface area contributed by atoms with Crippen LogP contribution in [0.1, 0.15) is 20.3 Å². The molecule has 3 N–H and O–H groups in total. The van der Waals surface area contributed by atoms with Crippen molar-refractivity contribution >= 4 is 0 Å². The zero-order valence-corrected chi connectivity index (χ0v) is 8.97. The summed E-state index contributed by atoms with van der Waals surface area (Å²) in [5, 5.41) is 28.7. The van der Waals surface area contributed by atoms with Gasteiger partial charge in [-0.05, 0) is 17.8 Å². The molecule has 1 saturated carbocycles. The third-order valence-electron chi connectivity index (χ3n) is 3.67. The average molecular weight is 204 g/mol. The molecule has 0 saturated heterocycles. The first-order chi connectivity index (χ1) is 6.46. The van der Waals surface area contributed by atoms with E-state index in [4.69, 9.17) is 4.74 Å². The fraction of sp³-hybridized carbons (Fsp3) is 1.00. The van der Waals surface area contributed by atoms with E-state index in [-0.39, 0.29) is 17.9 Å². The van der Waals surface area contributed by atoms with Crippen molar-refractivity contribution in [3.8, 4) is 0 Å². The minimum Gasteiger partial charge on any atom is -0.396 e. The summed E-state index contributed by atoms with van der Waals surface area (Å²) in [4.78, 5) is 0. The standard InChI is InChI=1S/C10H20O4/c1-6-8(12)9(13)7(14-3)4-10(6,2)5-11/h6-9,11-13H,4-5H2,1-3H3/t6-,7-,8+,9?,10?/m0/s1. The molecule has 1 rings (SSSR count). The predicted octanol–water partition coefficient (Wildman–Crippen LogP) is -0.238. The molecule has 0 radical (unpaired) electrons. The zero-order valence-electron chi connectivity index (χ0n) is 8.97. The van der Waals surface area contributed by atoms with Gasteiger partial charge in [-0.15, -0.1) is 0 Å². The zero-order chi connectivity index (χ0) is 10.9. The second-order valence-corrected chi connectivity index (χ2v) is 4.56. The Hall–Kier alpha value is -0.160. The van der Waals surface area contributed by atoms with Gasteiger partial charge in [0.25, 0.3) is 0 Å². The fourth-order valence-electron chi connectivity index (χ4n) is 2.13. The van der Waals surface area contributed by atoms with Crippen LogP contribution in [0.15, 0.2) is 0 Å². The summed E-state index contributed by atoms with van der Waals surface area (Å²) in [6.07, 6.45) is -1.50. The number of hydrogen-bond acceptors (Lipinski definition) is 4. The predicted molar refractivity (Wildman–Crippen MR) is 51.8 cm³/mol. The number of aliphatic hydroxyl groups is 3. The lowest BCUT2D eigenvalue weighted by atomic mass is 9.65. The summed E-state index contributed by atoms with van der Waals surface area (Å²) in [5.41, 5.74) is -0.376. The van der Waals surface area contributed by atoms with Gasteiger partial charge in [-0.1, -0.05) is 13.8 Å². The summed E-state index contributed by atoms with van der Waals surface area (Å²) in [6, 6.07) is 0. The van der Waals surface area contributed by atoms with E-state index in [1.807, 2.05) is 13.8 Å². The second kappa shape index (κ2) is 4.14. The van der Waals surface area contributed by atoms with E-state index in [0.29, 0.717) is 6.42 Å². The maximum absolute atomic E-state index is 9.77. The normalized spacial score (nSPS) is 49.3. The molecule has 0 aliphatic heterocycles. The summed E-state index contributed by atoms with van der Waals surface area (Å²) in [7, 11) is 1.51. The van der Waals surface area contributed by atoms with Crippen molar-refractivity contribution in [2.24, 2.45) is 11.3 Å². The first-order valence-corrected chi connectivity index (χ1v) is 4.96. The lowest BCUT2D eigenvalue weighted by molar-refractivity contribution is -0.169. The maximum atomic E-state index is 9.77. The van der Waals surface area contributed by atoms with E-state index < -0.39 is 18.3 Å². The Balaban J connectivity index is 2.84. The number of methoxy groups -OCH3 is 1. The summed E-state index contributed by atoms with van der Waals surface area (Å²) in [6.45, 7) is 3.74. The molecule has 0 aromatic carbocycles. The quantitative estimate of drug-likeness (QED) is 0.580. The molecule has 0 spiro atoms. The van der Waals surface area contributed by atoms with Gasteiger partial charge in [-0.2, -0.15) is 0 Å². The van der Waals surface area contributed by atoms with Gasteiger partial charge in [0, 0.05) is 13.7 Å². The van der Waals surface area contributed by atoms with Crippen LogP contribution in [0.4, 0.5) is 0 Å². The van der Waals surface area contributed by atoms with Crippen molar-refractivity contribution in [3.63, 3.8) is 0 Å². The van der Waals surface area contributed by atoms with Gasteiger partial charge in [0.05, 0.1) is 12.2 Å². The van der Waals surface area contributed by atoms with E-state index in [0.717, 1.165) is 0 Å². The lowest BCUT2D eigenvalue weighted by Crippen LogP contribution is -2.55. The highest BCUT2D eigenvalue weighted by Gasteiger charge is 2.47. The summed E-state index contributed by atoms with van der Waals surface area (Å²) < 4.78 is 5.10. The highest BCUT2D eigenvalue weighted by Crippen LogP contribution is 2.41. The van der Waals surface area contributed by atoms with E-state index in [2.05, 4.69) is 0 Å². The van der Waals surface area contributed by atoms with E-state index >= 15 is 0 Å². The number of rotatable bonds is 2. The molecule has 5 atom stereocenters. The number of hydrogen-bond donors (Lipinski definition) is 3. The molecule has 4 nitrogen and oxygen atoms in total. The third-order valence-corrected chi connectivity index (χ3v) is 3.67. The Bertz CT molecular complexity index is 195. The SMILES string of the molecule is CO[C@H]1CC(C)(CO)[C@@H](C)[C@@H](O)C1O. The van der Waals surface area contributed by atoms with Crippen LogP contribution in [0.25, 0.3) is 0 Å². The van der Waals surface area contributed by atoms with Crippen LogP contribution in [0.3, 0.4) is 0 Å². The van der Waals surface area contributed by atoms with Gasteiger partial charge < -0.3 is 20.1 Å². The Labute approximate surface area is 84.5 Å². The molecule has 84 valence electrons. The van der Waals surface area contributed by atoms with Gasteiger partial charge in [0.15, 0.2) is 0 Å². The van der Waals surface area contributed by atoms with Crippen LogP contribution in [0.5, 0.6) is 0 Å². The lowest BCUT2D eigenvalue weighted by Gasteiger charge is -2.47. The minimum atomic E-state index is -0.852. The molecular formula is C10H20O4. The minimum absolute atomic E-state index is 0.00218. The van der Waals surface area contributed by atoms with Gasteiger partial charge in [0.1, 0.15) is 6.10 Å². The largest absolute Gasteiger partial charge is 0.396 e. The smallest absolute Gasteiger partial charge is 0.106 e. The van der Waals surface area contributed by atoms with Crippen molar-refractivity contribution < 1.29 is 20.1 Å². The highest BCUT2D eigenvalue weighted by atomic mass is 16.5. The molecule has 1 aliphatic rings. The Morgan fingerprint density at radius 2 is 1.93 bits per heavy atom. The van der Waals surface area contributed by atoms with Crippen LogP contribution in [-0.4, -0.2) is 47.3 Å². The van der Waals surface area contributed by atoms with Crippen molar-refractivity contribution in [1.29, 1.82) is 0 Å². The van der Waals surface area contributed by atoms with E-state index in [9.17, 15) is 15.3 Å². The van der Waals surface area contributed by atoms with E-state index in [1.54, 1.807) is 0 Å². The molecule has 4 heteroatoms. The topological polar surface area (TPSA) is 69.9 Å². The third kappa shape index (κ3) is 1.80. The molecule has 0 aromatic heterocycles. The van der Waals surface area contributed by atoms with Crippen LogP contribution in [0.2, 0.25) is 0 Å². The Morgan fingerprint density at radius 3 is 2.36 bits per heavy atom. The molecule has 14 heavy (non-hydrogen) atoms. The molecular weight excluding hydrogens is 184 g/mol. The maximum Gasteiger partial charge on any atom is 0.106 e. The van der Waals surface area contributed by atoms with Crippen LogP contribution in [-0.2, 0) is 4.74 Å². The molecule has 2 unspecified atom stereocenters. The number of aliphatic hydroxyl groups excluding tert-OH is 3. The monoisotopic (exact) mass is 204 g/mol. The van der Waals surface area contributed by atoms with Crippen LogP contribution >= 0.6 is 0 Å². The first-order valence-electron chi connectivity index (χ1n) is 4.96. The van der Waals surface area contributed by atoms with Gasteiger partial charge >= 0.3 is 0 Å². The molecule has 0 bridgehead atoms.